The molecule has 0 radical (unpaired) electrons. The SMILES string of the molecule is C[C@H](CC(=O)c1cccc(Br)c1)C(=O)OCC[C@H]1CCCO1. The average molecular weight is 369 g/mol. The van der Waals surface area contributed by atoms with E-state index in [-0.39, 0.29) is 24.3 Å². The van der Waals surface area contributed by atoms with Crippen molar-refractivity contribution < 1.29 is 19.1 Å². The van der Waals surface area contributed by atoms with Crippen molar-refractivity contribution in [3.05, 3.63) is 34.3 Å². The van der Waals surface area contributed by atoms with Crippen molar-refractivity contribution in [2.24, 2.45) is 5.92 Å². The van der Waals surface area contributed by atoms with Gasteiger partial charge in [0.25, 0.3) is 0 Å². The van der Waals surface area contributed by atoms with Gasteiger partial charge in [-0.3, -0.25) is 9.59 Å². The summed E-state index contributed by atoms with van der Waals surface area (Å²) in [5, 5.41) is 0. The minimum atomic E-state index is -0.434. The van der Waals surface area contributed by atoms with Crippen LogP contribution in [0.25, 0.3) is 0 Å². The summed E-state index contributed by atoms with van der Waals surface area (Å²) in [6, 6.07) is 7.18. The molecule has 1 aromatic carbocycles. The molecule has 0 saturated carbocycles. The van der Waals surface area contributed by atoms with Gasteiger partial charge in [-0.1, -0.05) is 35.0 Å². The van der Waals surface area contributed by atoms with Gasteiger partial charge in [-0.15, -0.1) is 0 Å². The molecule has 22 heavy (non-hydrogen) atoms. The normalized spacial score (nSPS) is 18.9. The van der Waals surface area contributed by atoms with Crippen molar-refractivity contribution in [1.82, 2.24) is 0 Å². The first kappa shape index (κ1) is 17.2. The first-order chi connectivity index (χ1) is 10.6. The lowest BCUT2D eigenvalue weighted by Gasteiger charge is -2.13. The number of hydrogen-bond donors (Lipinski definition) is 0. The van der Waals surface area contributed by atoms with Gasteiger partial charge >= 0.3 is 5.97 Å². The van der Waals surface area contributed by atoms with Crippen LogP contribution in [0, 0.1) is 5.92 Å². The number of benzene rings is 1. The molecule has 4 nitrogen and oxygen atoms in total. The summed E-state index contributed by atoms with van der Waals surface area (Å²) in [6.45, 7) is 2.89. The van der Waals surface area contributed by atoms with Crippen LogP contribution in [0.5, 0.6) is 0 Å². The highest BCUT2D eigenvalue weighted by atomic mass is 79.9. The lowest BCUT2D eigenvalue weighted by Crippen LogP contribution is -2.20. The van der Waals surface area contributed by atoms with Crippen LogP contribution in [-0.2, 0) is 14.3 Å². The van der Waals surface area contributed by atoms with Crippen LogP contribution in [0.3, 0.4) is 0 Å². The molecule has 0 aromatic heterocycles. The fraction of sp³-hybridized carbons (Fsp3) is 0.529. The molecule has 0 amide bonds. The van der Waals surface area contributed by atoms with E-state index in [1.807, 2.05) is 12.1 Å². The zero-order chi connectivity index (χ0) is 15.9. The van der Waals surface area contributed by atoms with Gasteiger partial charge in [0, 0.05) is 29.5 Å². The van der Waals surface area contributed by atoms with Gasteiger partial charge in [-0.2, -0.15) is 0 Å². The van der Waals surface area contributed by atoms with Gasteiger partial charge in [-0.05, 0) is 25.0 Å². The molecule has 0 aliphatic carbocycles. The minimum Gasteiger partial charge on any atom is -0.465 e. The Bertz CT molecular complexity index is 523. The lowest BCUT2D eigenvalue weighted by atomic mass is 10.00. The molecule has 1 fully saturated rings. The Morgan fingerprint density at radius 2 is 2.27 bits per heavy atom. The van der Waals surface area contributed by atoms with E-state index in [0.29, 0.717) is 12.2 Å². The maximum absolute atomic E-state index is 12.1. The smallest absolute Gasteiger partial charge is 0.309 e. The Hall–Kier alpha value is -1.20. The van der Waals surface area contributed by atoms with E-state index >= 15 is 0 Å². The van der Waals surface area contributed by atoms with Gasteiger partial charge in [0.15, 0.2) is 5.78 Å². The van der Waals surface area contributed by atoms with Crippen molar-refractivity contribution in [2.45, 2.75) is 38.7 Å². The van der Waals surface area contributed by atoms with E-state index in [2.05, 4.69) is 15.9 Å². The number of carbonyl (C=O) groups is 2. The molecule has 0 bridgehead atoms. The van der Waals surface area contributed by atoms with Crippen LogP contribution in [-0.4, -0.2) is 31.1 Å². The summed E-state index contributed by atoms with van der Waals surface area (Å²) in [4.78, 5) is 24.1. The molecule has 0 N–H and O–H groups in total. The van der Waals surface area contributed by atoms with Gasteiger partial charge in [0.2, 0.25) is 0 Å². The molecule has 2 rings (SSSR count). The Balaban J connectivity index is 1.74. The fourth-order valence-electron chi connectivity index (χ4n) is 2.45. The number of esters is 1. The van der Waals surface area contributed by atoms with Crippen molar-refractivity contribution in [3.63, 3.8) is 0 Å². The number of halogens is 1. The first-order valence-electron chi connectivity index (χ1n) is 7.63. The van der Waals surface area contributed by atoms with Crippen LogP contribution >= 0.6 is 15.9 Å². The van der Waals surface area contributed by atoms with Gasteiger partial charge < -0.3 is 9.47 Å². The molecule has 0 spiro atoms. The predicted octanol–water partition coefficient (Wildman–Crippen LogP) is 3.77. The molecule has 1 saturated heterocycles. The second-order valence-corrected chi connectivity index (χ2v) is 6.55. The van der Waals surface area contributed by atoms with E-state index in [4.69, 9.17) is 9.47 Å². The maximum atomic E-state index is 12.1. The summed E-state index contributed by atoms with van der Waals surface area (Å²) in [5.74, 6) is -0.804. The Morgan fingerprint density at radius 3 is 2.95 bits per heavy atom. The van der Waals surface area contributed by atoms with E-state index in [1.54, 1.807) is 19.1 Å². The number of rotatable bonds is 7. The summed E-state index contributed by atoms with van der Waals surface area (Å²) in [6.07, 6.45) is 3.23. The van der Waals surface area contributed by atoms with Gasteiger partial charge in [-0.25, -0.2) is 0 Å². The molecule has 2 atom stereocenters. The summed E-state index contributed by atoms with van der Waals surface area (Å²) < 4.78 is 11.6. The summed E-state index contributed by atoms with van der Waals surface area (Å²) >= 11 is 3.34. The number of Topliss-reactive ketones (excluding diaryl/α,β-unsaturated/α-hetero) is 1. The second kappa shape index (κ2) is 8.44. The summed E-state index contributed by atoms with van der Waals surface area (Å²) in [7, 11) is 0. The zero-order valence-electron chi connectivity index (χ0n) is 12.7. The number of ether oxygens (including phenoxy) is 2. The third-order valence-electron chi connectivity index (χ3n) is 3.75. The Kier molecular flexibility index (Phi) is 6.58. The monoisotopic (exact) mass is 368 g/mol. The van der Waals surface area contributed by atoms with Gasteiger partial charge in [0.05, 0.1) is 18.6 Å². The maximum Gasteiger partial charge on any atom is 0.309 e. The van der Waals surface area contributed by atoms with Crippen molar-refractivity contribution in [1.29, 1.82) is 0 Å². The fourth-order valence-corrected chi connectivity index (χ4v) is 2.85. The van der Waals surface area contributed by atoms with E-state index in [9.17, 15) is 9.59 Å². The lowest BCUT2D eigenvalue weighted by molar-refractivity contribution is -0.148. The Labute approximate surface area is 139 Å². The minimum absolute atomic E-state index is 0.0510. The number of hydrogen-bond acceptors (Lipinski definition) is 4. The molecule has 0 unspecified atom stereocenters. The number of carbonyl (C=O) groups excluding carboxylic acids is 2. The molecular weight excluding hydrogens is 348 g/mol. The summed E-state index contributed by atoms with van der Waals surface area (Å²) in [5.41, 5.74) is 0.605. The average Bonchev–Trinajstić information content (AvgIpc) is 3.00. The van der Waals surface area contributed by atoms with Crippen LogP contribution < -0.4 is 0 Å². The quantitative estimate of drug-likeness (QED) is 0.542. The molecule has 5 heteroatoms. The third-order valence-corrected chi connectivity index (χ3v) is 4.24. The van der Waals surface area contributed by atoms with E-state index in [0.717, 1.165) is 30.3 Å². The highest BCUT2D eigenvalue weighted by Crippen LogP contribution is 2.17. The predicted molar refractivity (Wildman–Crippen MR) is 86.8 cm³/mol. The topological polar surface area (TPSA) is 52.6 Å². The van der Waals surface area contributed by atoms with E-state index < -0.39 is 5.92 Å². The van der Waals surface area contributed by atoms with Crippen LogP contribution in [0.1, 0.15) is 43.0 Å². The molecule has 1 heterocycles. The standard InChI is InChI=1S/C17H21BrO4/c1-12(10-16(19)13-4-2-5-14(18)11-13)17(20)22-9-7-15-6-3-8-21-15/h2,4-5,11-12,15H,3,6-10H2,1H3/t12-,15-/m1/s1. The number of ketones is 1. The zero-order valence-corrected chi connectivity index (χ0v) is 14.3. The van der Waals surface area contributed by atoms with Gasteiger partial charge in [0.1, 0.15) is 0 Å². The Morgan fingerprint density at radius 1 is 1.45 bits per heavy atom. The molecule has 120 valence electrons. The molecule has 1 aromatic rings. The second-order valence-electron chi connectivity index (χ2n) is 5.63. The largest absolute Gasteiger partial charge is 0.465 e. The van der Waals surface area contributed by atoms with E-state index in [1.165, 1.54) is 0 Å². The van der Waals surface area contributed by atoms with Crippen LogP contribution in [0.2, 0.25) is 0 Å². The van der Waals surface area contributed by atoms with Crippen LogP contribution in [0.4, 0.5) is 0 Å². The molecular formula is C17H21BrO4. The molecule has 1 aliphatic heterocycles. The van der Waals surface area contributed by atoms with Crippen molar-refractivity contribution >= 4 is 27.7 Å². The highest BCUT2D eigenvalue weighted by molar-refractivity contribution is 9.10. The van der Waals surface area contributed by atoms with Crippen molar-refractivity contribution in [2.75, 3.05) is 13.2 Å². The van der Waals surface area contributed by atoms with Crippen LogP contribution in [0.15, 0.2) is 28.7 Å². The highest BCUT2D eigenvalue weighted by Gasteiger charge is 2.21. The first-order valence-corrected chi connectivity index (χ1v) is 8.42. The third kappa shape index (κ3) is 5.21. The molecule has 1 aliphatic rings. The van der Waals surface area contributed by atoms with Crippen molar-refractivity contribution in [3.8, 4) is 0 Å².